The molecule has 0 aliphatic rings. The zero-order valence-electron chi connectivity index (χ0n) is 7.35. The minimum absolute atomic E-state index is 0.614. The summed E-state index contributed by atoms with van der Waals surface area (Å²) in [5.74, 6) is 0.706. The van der Waals surface area contributed by atoms with Crippen LogP contribution < -0.4 is 5.32 Å². The van der Waals surface area contributed by atoms with E-state index in [0.29, 0.717) is 12.0 Å². The Kier molecular flexibility index (Phi) is 5.32. The number of allylic oxidation sites excluding steroid dienone is 1. The van der Waals surface area contributed by atoms with E-state index in [2.05, 4.69) is 32.7 Å². The summed E-state index contributed by atoms with van der Waals surface area (Å²) < 4.78 is 0. The molecule has 0 saturated heterocycles. The van der Waals surface area contributed by atoms with E-state index in [4.69, 9.17) is 0 Å². The third-order valence-corrected chi connectivity index (χ3v) is 1.92. The molecule has 1 heteroatoms. The first kappa shape index (κ1) is 9.70. The molecule has 0 spiro atoms. The summed E-state index contributed by atoms with van der Waals surface area (Å²) in [6.07, 6.45) is 3.09. The lowest BCUT2D eigenvalue weighted by Gasteiger charge is -2.18. The fourth-order valence-corrected chi connectivity index (χ4v) is 0.990. The predicted octanol–water partition coefficient (Wildman–Crippen LogP) is 2.20. The van der Waals surface area contributed by atoms with Crippen LogP contribution in [0, 0.1) is 5.92 Å². The quantitative estimate of drug-likeness (QED) is 0.579. The van der Waals surface area contributed by atoms with Crippen LogP contribution in [0.3, 0.4) is 0 Å². The summed E-state index contributed by atoms with van der Waals surface area (Å²) in [5.41, 5.74) is 0. The van der Waals surface area contributed by atoms with Crippen LogP contribution in [-0.4, -0.2) is 12.6 Å². The SMILES string of the molecule is C=CCC(C)C(C)NCC. The molecule has 2 unspecified atom stereocenters. The topological polar surface area (TPSA) is 12.0 Å². The molecule has 0 saturated carbocycles. The van der Waals surface area contributed by atoms with Gasteiger partial charge in [0.1, 0.15) is 0 Å². The van der Waals surface area contributed by atoms with E-state index in [1.54, 1.807) is 0 Å². The van der Waals surface area contributed by atoms with Gasteiger partial charge < -0.3 is 5.32 Å². The van der Waals surface area contributed by atoms with Crippen molar-refractivity contribution in [1.82, 2.24) is 5.32 Å². The summed E-state index contributed by atoms with van der Waals surface area (Å²) in [4.78, 5) is 0. The van der Waals surface area contributed by atoms with Crippen molar-refractivity contribution in [3.63, 3.8) is 0 Å². The van der Waals surface area contributed by atoms with E-state index in [-0.39, 0.29) is 0 Å². The number of nitrogens with one attached hydrogen (secondary N) is 1. The van der Waals surface area contributed by atoms with Gasteiger partial charge >= 0.3 is 0 Å². The van der Waals surface area contributed by atoms with Gasteiger partial charge in [0.2, 0.25) is 0 Å². The van der Waals surface area contributed by atoms with E-state index >= 15 is 0 Å². The highest BCUT2D eigenvalue weighted by atomic mass is 14.9. The summed E-state index contributed by atoms with van der Waals surface area (Å²) >= 11 is 0. The van der Waals surface area contributed by atoms with E-state index < -0.39 is 0 Å². The number of rotatable bonds is 5. The minimum atomic E-state index is 0.614. The normalized spacial score (nSPS) is 16.3. The van der Waals surface area contributed by atoms with Crippen LogP contribution in [0.4, 0.5) is 0 Å². The fourth-order valence-electron chi connectivity index (χ4n) is 0.990. The molecule has 60 valence electrons. The highest BCUT2D eigenvalue weighted by Gasteiger charge is 2.07. The van der Waals surface area contributed by atoms with Gasteiger partial charge in [0, 0.05) is 6.04 Å². The van der Waals surface area contributed by atoms with Crippen molar-refractivity contribution in [3.8, 4) is 0 Å². The van der Waals surface area contributed by atoms with Crippen molar-refractivity contribution in [2.45, 2.75) is 33.2 Å². The molecule has 1 N–H and O–H groups in total. The molecule has 0 aromatic rings. The first-order valence-corrected chi connectivity index (χ1v) is 4.06. The maximum atomic E-state index is 3.72. The van der Waals surface area contributed by atoms with Crippen LogP contribution >= 0.6 is 0 Å². The lowest BCUT2D eigenvalue weighted by atomic mass is 10.0. The highest BCUT2D eigenvalue weighted by molar-refractivity contribution is 4.76. The van der Waals surface area contributed by atoms with Crippen molar-refractivity contribution >= 4 is 0 Å². The zero-order chi connectivity index (χ0) is 7.98. The molecule has 0 heterocycles. The van der Waals surface area contributed by atoms with Gasteiger partial charge in [0.15, 0.2) is 0 Å². The third kappa shape index (κ3) is 3.67. The van der Waals surface area contributed by atoms with Gasteiger partial charge in [-0.1, -0.05) is 19.9 Å². The Morgan fingerprint density at radius 3 is 2.50 bits per heavy atom. The summed E-state index contributed by atoms with van der Waals surface area (Å²) in [5, 5.41) is 3.38. The molecule has 0 aliphatic carbocycles. The maximum Gasteiger partial charge on any atom is 0.00672 e. The Bertz CT molecular complexity index is 88.7. The van der Waals surface area contributed by atoms with Gasteiger partial charge in [-0.15, -0.1) is 6.58 Å². The van der Waals surface area contributed by atoms with Gasteiger partial charge in [-0.2, -0.15) is 0 Å². The van der Waals surface area contributed by atoms with Crippen molar-refractivity contribution < 1.29 is 0 Å². The smallest absolute Gasteiger partial charge is 0.00672 e. The average molecular weight is 141 g/mol. The Morgan fingerprint density at radius 1 is 1.50 bits per heavy atom. The van der Waals surface area contributed by atoms with Crippen LogP contribution in [0.25, 0.3) is 0 Å². The maximum absolute atomic E-state index is 3.72. The van der Waals surface area contributed by atoms with Gasteiger partial charge in [0.25, 0.3) is 0 Å². The molecule has 0 aromatic heterocycles. The van der Waals surface area contributed by atoms with Gasteiger partial charge in [-0.05, 0) is 25.8 Å². The van der Waals surface area contributed by atoms with Gasteiger partial charge in [-0.3, -0.25) is 0 Å². The van der Waals surface area contributed by atoms with Crippen molar-refractivity contribution in [1.29, 1.82) is 0 Å². The summed E-state index contributed by atoms with van der Waals surface area (Å²) in [7, 11) is 0. The summed E-state index contributed by atoms with van der Waals surface area (Å²) in [6.45, 7) is 11.4. The second-order valence-corrected chi connectivity index (χ2v) is 2.85. The van der Waals surface area contributed by atoms with E-state index in [1.807, 2.05) is 6.08 Å². The van der Waals surface area contributed by atoms with Gasteiger partial charge in [-0.25, -0.2) is 0 Å². The Labute approximate surface area is 64.5 Å². The molecule has 0 bridgehead atoms. The molecule has 0 aliphatic heterocycles. The molecule has 1 nitrogen and oxygen atoms in total. The zero-order valence-corrected chi connectivity index (χ0v) is 7.35. The first-order chi connectivity index (χ1) is 4.72. The molecule has 0 amide bonds. The second-order valence-electron chi connectivity index (χ2n) is 2.85. The van der Waals surface area contributed by atoms with E-state index in [1.165, 1.54) is 0 Å². The van der Waals surface area contributed by atoms with Crippen LogP contribution in [0.2, 0.25) is 0 Å². The van der Waals surface area contributed by atoms with Crippen LogP contribution in [-0.2, 0) is 0 Å². The molecule has 10 heavy (non-hydrogen) atoms. The van der Waals surface area contributed by atoms with E-state index in [9.17, 15) is 0 Å². The molecule has 0 aromatic carbocycles. The second kappa shape index (κ2) is 5.48. The molecule has 0 fully saturated rings. The molecular weight excluding hydrogens is 122 g/mol. The van der Waals surface area contributed by atoms with Gasteiger partial charge in [0.05, 0.1) is 0 Å². The Hall–Kier alpha value is -0.300. The molecule has 0 rings (SSSR count). The first-order valence-electron chi connectivity index (χ1n) is 4.06. The fraction of sp³-hybridized carbons (Fsp3) is 0.778. The molecule has 2 atom stereocenters. The monoisotopic (exact) mass is 141 g/mol. The van der Waals surface area contributed by atoms with E-state index in [0.717, 1.165) is 13.0 Å². The molecule has 0 radical (unpaired) electrons. The third-order valence-electron chi connectivity index (χ3n) is 1.92. The van der Waals surface area contributed by atoms with Crippen molar-refractivity contribution in [3.05, 3.63) is 12.7 Å². The molecular formula is C9H19N. The standard InChI is InChI=1S/C9H19N/c1-5-7-8(3)9(4)10-6-2/h5,8-10H,1,6-7H2,2-4H3. The summed E-state index contributed by atoms with van der Waals surface area (Å²) in [6, 6.07) is 0.614. The predicted molar refractivity (Wildman–Crippen MR) is 47.1 cm³/mol. The number of hydrogen-bond acceptors (Lipinski definition) is 1. The largest absolute Gasteiger partial charge is 0.314 e. The van der Waals surface area contributed by atoms with Crippen molar-refractivity contribution in [2.75, 3.05) is 6.54 Å². The lowest BCUT2D eigenvalue weighted by molar-refractivity contribution is 0.412. The Morgan fingerprint density at radius 2 is 2.10 bits per heavy atom. The average Bonchev–Trinajstić information content (AvgIpc) is 1.89. The minimum Gasteiger partial charge on any atom is -0.314 e. The Balaban J connectivity index is 3.47. The van der Waals surface area contributed by atoms with Crippen LogP contribution in [0.1, 0.15) is 27.2 Å². The van der Waals surface area contributed by atoms with Crippen molar-refractivity contribution in [2.24, 2.45) is 5.92 Å². The lowest BCUT2D eigenvalue weighted by Crippen LogP contribution is -2.31. The van der Waals surface area contributed by atoms with Crippen LogP contribution in [0.5, 0.6) is 0 Å². The number of hydrogen-bond donors (Lipinski definition) is 1. The highest BCUT2D eigenvalue weighted by Crippen LogP contribution is 2.07. The van der Waals surface area contributed by atoms with Crippen LogP contribution in [0.15, 0.2) is 12.7 Å².